The number of carbonyl (C=O) groups excluding carboxylic acids is 2. The summed E-state index contributed by atoms with van der Waals surface area (Å²) in [7, 11) is 1.58. The molecule has 1 unspecified atom stereocenters. The minimum Gasteiger partial charge on any atom is -0.369 e. The van der Waals surface area contributed by atoms with Crippen LogP contribution in [0.5, 0.6) is 0 Å². The van der Waals surface area contributed by atoms with Gasteiger partial charge in [0, 0.05) is 12.7 Å². The van der Waals surface area contributed by atoms with E-state index in [-0.39, 0.29) is 33.3 Å². The van der Waals surface area contributed by atoms with Crippen LogP contribution in [0.3, 0.4) is 0 Å². The topological polar surface area (TPSA) is 101 Å². The number of amides is 2. The average Bonchev–Trinajstić information content (AvgIpc) is 2.92. The van der Waals surface area contributed by atoms with E-state index in [4.69, 9.17) is 28.9 Å². The molecule has 2 aromatic rings. The molecule has 2 amide bonds. The molecule has 3 rings (SSSR count). The summed E-state index contributed by atoms with van der Waals surface area (Å²) in [5.41, 5.74) is 6.38. The number of aliphatic imine (C=N–C) groups is 1. The number of nitrogens with one attached hydrogen (secondary N) is 1. The molecule has 0 aliphatic carbocycles. The Bertz CT molecular complexity index is 929. The Kier molecular flexibility index (Phi) is 4.92. The van der Waals surface area contributed by atoms with Crippen LogP contribution < -0.4 is 11.1 Å². The van der Waals surface area contributed by atoms with Gasteiger partial charge < -0.3 is 11.1 Å². The zero-order chi connectivity index (χ0) is 19.1. The number of aromatic nitrogens is 1. The Morgan fingerprint density at radius 1 is 1.42 bits per heavy atom. The van der Waals surface area contributed by atoms with Crippen LogP contribution in [0.25, 0.3) is 0 Å². The first kappa shape index (κ1) is 18.6. The summed E-state index contributed by atoms with van der Waals surface area (Å²) in [6.07, 6.45) is 0.176. The predicted octanol–water partition coefficient (Wildman–Crippen LogP) is 3.09. The second-order valence-electron chi connectivity index (χ2n) is 6.03. The summed E-state index contributed by atoms with van der Waals surface area (Å²) in [6, 6.07) is 7.06. The summed E-state index contributed by atoms with van der Waals surface area (Å²) in [5, 5.41) is 2.85. The lowest BCUT2D eigenvalue weighted by atomic mass is 9.87. The van der Waals surface area contributed by atoms with Crippen LogP contribution in [-0.4, -0.2) is 34.1 Å². The molecule has 1 aromatic carbocycles. The highest BCUT2D eigenvalue weighted by atomic mass is 35.5. The summed E-state index contributed by atoms with van der Waals surface area (Å²) >= 11 is 12.8. The minimum absolute atomic E-state index is 0.0648. The number of benzene rings is 1. The monoisotopic (exact) mass is 411 g/mol. The molecule has 0 saturated carbocycles. The van der Waals surface area contributed by atoms with Crippen molar-refractivity contribution >= 4 is 58.2 Å². The molecule has 1 aromatic heterocycles. The van der Waals surface area contributed by atoms with Crippen LogP contribution in [-0.2, 0) is 10.3 Å². The van der Waals surface area contributed by atoms with E-state index in [1.807, 2.05) is 13.0 Å². The molecule has 136 valence electrons. The molecule has 0 saturated heterocycles. The number of guanidine groups is 1. The molecule has 1 aliphatic heterocycles. The number of hydrogen-bond donors (Lipinski definition) is 2. The fourth-order valence-electron chi connectivity index (χ4n) is 2.60. The molecule has 0 spiro atoms. The number of rotatable bonds is 3. The fourth-order valence-corrected chi connectivity index (χ4v) is 3.59. The van der Waals surface area contributed by atoms with E-state index < -0.39 is 11.4 Å². The zero-order valence-electron chi connectivity index (χ0n) is 13.9. The van der Waals surface area contributed by atoms with Gasteiger partial charge >= 0.3 is 0 Å². The van der Waals surface area contributed by atoms with Crippen molar-refractivity contribution in [1.82, 2.24) is 9.27 Å². The average molecular weight is 412 g/mol. The lowest BCUT2D eigenvalue weighted by molar-refractivity contribution is -0.128. The van der Waals surface area contributed by atoms with E-state index in [1.54, 1.807) is 25.2 Å². The van der Waals surface area contributed by atoms with Crippen LogP contribution in [0.1, 0.15) is 29.4 Å². The van der Waals surface area contributed by atoms with Gasteiger partial charge in [-0.2, -0.15) is 4.37 Å². The van der Waals surface area contributed by atoms with Gasteiger partial charge in [-0.1, -0.05) is 35.3 Å². The van der Waals surface area contributed by atoms with E-state index in [2.05, 4.69) is 14.7 Å². The number of nitrogens with two attached hydrogens (primary N) is 1. The van der Waals surface area contributed by atoms with Crippen molar-refractivity contribution < 1.29 is 9.59 Å². The minimum atomic E-state index is -0.810. The Hall–Kier alpha value is -2.16. The number of carbonyl (C=O) groups is 2. The highest BCUT2D eigenvalue weighted by Crippen LogP contribution is 2.34. The Balaban J connectivity index is 1.88. The van der Waals surface area contributed by atoms with Crippen LogP contribution in [0, 0.1) is 0 Å². The van der Waals surface area contributed by atoms with Gasteiger partial charge in [0.15, 0.2) is 11.7 Å². The molecule has 26 heavy (non-hydrogen) atoms. The molecule has 3 N–H and O–H groups in total. The number of halogens is 2. The SMILES string of the molecule is CN1C(=O)CC(C)(c2cccc(NC(=O)c3nsc(Cl)c3Cl)c2)N=C1N. The molecular weight excluding hydrogens is 397 g/mol. The van der Waals surface area contributed by atoms with E-state index >= 15 is 0 Å². The molecule has 2 heterocycles. The molecule has 10 heteroatoms. The standard InChI is InChI=1S/C16H15Cl2N5O2S/c1-16(7-10(24)23(2)15(19)21-16)8-4-3-5-9(6-8)20-14(25)12-11(17)13(18)26-22-12/h3-6H,7H2,1-2H3,(H2,19,21)(H,20,25). The fraction of sp³-hybridized carbons (Fsp3) is 0.250. The van der Waals surface area contributed by atoms with Crippen molar-refractivity contribution in [1.29, 1.82) is 0 Å². The molecule has 1 atom stereocenters. The summed E-state index contributed by atoms with van der Waals surface area (Å²) < 4.78 is 4.20. The molecule has 1 aliphatic rings. The van der Waals surface area contributed by atoms with Gasteiger partial charge in [-0.15, -0.1) is 0 Å². The Labute approximate surface area is 164 Å². The van der Waals surface area contributed by atoms with Crippen molar-refractivity contribution in [2.24, 2.45) is 10.7 Å². The maximum atomic E-state index is 12.3. The lowest BCUT2D eigenvalue weighted by Gasteiger charge is -2.33. The third-order valence-corrected chi connectivity index (χ3v) is 5.74. The summed E-state index contributed by atoms with van der Waals surface area (Å²) in [6.45, 7) is 1.82. The van der Waals surface area contributed by atoms with Crippen LogP contribution in [0.2, 0.25) is 9.36 Å². The van der Waals surface area contributed by atoms with Gasteiger partial charge in [0.2, 0.25) is 5.91 Å². The third-order valence-electron chi connectivity index (χ3n) is 4.13. The van der Waals surface area contributed by atoms with Gasteiger partial charge in [0.1, 0.15) is 9.36 Å². The molecular formula is C16H15Cl2N5O2S. The summed E-state index contributed by atoms with van der Waals surface area (Å²) in [5.74, 6) is -0.441. The van der Waals surface area contributed by atoms with Crippen molar-refractivity contribution in [3.05, 3.63) is 44.9 Å². The predicted molar refractivity (Wildman–Crippen MR) is 103 cm³/mol. The number of hydrogen-bond acceptors (Lipinski definition) is 6. The van der Waals surface area contributed by atoms with Gasteiger partial charge in [-0.3, -0.25) is 14.5 Å². The second kappa shape index (κ2) is 6.86. The maximum Gasteiger partial charge on any atom is 0.276 e. The maximum absolute atomic E-state index is 12.3. The highest BCUT2D eigenvalue weighted by Gasteiger charge is 2.36. The molecule has 0 radical (unpaired) electrons. The zero-order valence-corrected chi connectivity index (χ0v) is 16.2. The Morgan fingerprint density at radius 2 is 2.15 bits per heavy atom. The van der Waals surface area contributed by atoms with Crippen molar-refractivity contribution in [2.45, 2.75) is 18.9 Å². The van der Waals surface area contributed by atoms with E-state index in [0.717, 1.165) is 17.1 Å². The normalized spacial score (nSPS) is 20.1. The molecule has 0 bridgehead atoms. The summed E-state index contributed by atoms with van der Waals surface area (Å²) in [4.78, 5) is 30.3. The third kappa shape index (κ3) is 3.40. The van der Waals surface area contributed by atoms with E-state index in [1.165, 1.54) is 4.90 Å². The number of anilines is 1. The van der Waals surface area contributed by atoms with Crippen LogP contribution in [0.4, 0.5) is 5.69 Å². The van der Waals surface area contributed by atoms with Crippen molar-refractivity contribution in [3.63, 3.8) is 0 Å². The van der Waals surface area contributed by atoms with Crippen LogP contribution >= 0.6 is 34.7 Å². The second-order valence-corrected chi connectivity index (χ2v) is 7.78. The first-order valence-corrected chi connectivity index (χ1v) is 9.08. The quantitative estimate of drug-likeness (QED) is 0.809. The first-order valence-electron chi connectivity index (χ1n) is 7.56. The van der Waals surface area contributed by atoms with Gasteiger partial charge in [0.25, 0.3) is 5.91 Å². The van der Waals surface area contributed by atoms with Crippen molar-refractivity contribution in [2.75, 3.05) is 12.4 Å². The van der Waals surface area contributed by atoms with Gasteiger partial charge in [0.05, 0.1) is 12.0 Å². The first-order chi connectivity index (χ1) is 12.2. The molecule has 0 fully saturated rings. The van der Waals surface area contributed by atoms with Gasteiger partial charge in [-0.25, -0.2) is 4.99 Å². The largest absolute Gasteiger partial charge is 0.369 e. The number of nitrogens with zero attached hydrogens (tertiary/aromatic N) is 3. The van der Waals surface area contributed by atoms with E-state index in [9.17, 15) is 9.59 Å². The Morgan fingerprint density at radius 3 is 2.77 bits per heavy atom. The van der Waals surface area contributed by atoms with E-state index in [0.29, 0.717) is 5.69 Å². The highest BCUT2D eigenvalue weighted by molar-refractivity contribution is 7.11. The lowest BCUT2D eigenvalue weighted by Crippen LogP contribution is -2.47. The van der Waals surface area contributed by atoms with Crippen LogP contribution in [0.15, 0.2) is 29.3 Å². The molecule has 7 nitrogen and oxygen atoms in total. The van der Waals surface area contributed by atoms with Crippen molar-refractivity contribution in [3.8, 4) is 0 Å². The smallest absolute Gasteiger partial charge is 0.276 e. The van der Waals surface area contributed by atoms with Gasteiger partial charge in [-0.05, 0) is 36.2 Å².